The molecule has 1 saturated heterocycles. The van der Waals surface area contributed by atoms with Gasteiger partial charge in [-0.1, -0.05) is 0 Å². The van der Waals surface area contributed by atoms with Crippen molar-refractivity contribution < 1.29 is 9.47 Å². The molecular weight excluding hydrogens is 264 g/mol. The molecule has 2 rings (SSSR count). The first-order valence-electron chi connectivity index (χ1n) is 7.85. The summed E-state index contributed by atoms with van der Waals surface area (Å²) in [5, 5.41) is 0. The third-order valence-electron chi connectivity index (χ3n) is 4.48. The maximum absolute atomic E-state index is 5.97. The average molecular weight is 292 g/mol. The zero-order chi connectivity index (χ0) is 15.2. The smallest absolute Gasteiger partial charge is 0.119 e. The Hall–Kier alpha value is -1.26. The highest BCUT2D eigenvalue weighted by atomic mass is 16.5. The highest BCUT2D eigenvalue weighted by Crippen LogP contribution is 2.26. The molecule has 0 aliphatic carbocycles. The van der Waals surface area contributed by atoms with E-state index in [9.17, 15) is 0 Å². The number of methoxy groups -OCH3 is 1. The van der Waals surface area contributed by atoms with Crippen molar-refractivity contribution in [2.24, 2.45) is 17.6 Å². The van der Waals surface area contributed by atoms with Gasteiger partial charge in [-0.2, -0.15) is 0 Å². The first-order valence-corrected chi connectivity index (χ1v) is 7.85. The van der Waals surface area contributed by atoms with Crippen LogP contribution in [0.15, 0.2) is 24.3 Å². The molecule has 1 aliphatic rings. The van der Waals surface area contributed by atoms with Crippen LogP contribution in [0, 0.1) is 11.8 Å². The van der Waals surface area contributed by atoms with Crippen LogP contribution >= 0.6 is 0 Å². The third kappa shape index (κ3) is 4.35. The predicted octanol–water partition coefficient (Wildman–Crippen LogP) is 2.38. The second kappa shape index (κ2) is 7.66. The quantitative estimate of drug-likeness (QED) is 0.838. The number of ether oxygens (including phenoxy) is 2. The van der Waals surface area contributed by atoms with Crippen molar-refractivity contribution in [1.82, 2.24) is 4.90 Å². The van der Waals surface area contributed by atoms with Crippen LogP contribution in [0.1, 0.15) is 20.3 Å². The summed E-state index contributed by atoms with van der Waals surface area (Å²) in [6, 6.07) is 8.35. The second-order valence-electron chi connectivity index (χ2n) is 6.12. The van der Waals surface area contributed by atoms with Crippen LogP contribution in [-0.2, 0) is 0 Å². The highest BCUT2D eigenvalue weighted by molar-refractivity contribution is 5.31. The van der Waals surface area contributed by atoms with Gasteiger partial charge in [0.2, 0.25) is 0 Å². The molecular formula is C17H28N2O2. The monoisotopic (exact) mass is 292 g/mol. The number of benzene rings is 1. The SMILES string of the molecule is COc1ccc(OCC(CN)C2CCN(C(C)C)C2)cc1. The van der Waals surface area contributed by atoms with Gasteiger partial charge in [0.05, 0.1) is 13.7 Å². The minimum atomic E-state index is 0.427. The van der Waals surface area contributed by atoms with E-state index < -0.39 is 0 Å². The summed E-state index contributed by atoms with van der Waals surface area (Å²) in [4.78, 5) is 2.53. The molecule has 4 heteroatoms. The first kappa shape index (κ1) is 16.1. The lowest BCUT2D eigenvalue weighted by Crippen LogP contribution is -2.33. The van der Waals surface area contributed by atoms with E-state index in [2.05, 4.69) is 18.7 Å². The Morgan fingerprint density at radius 2 is 1.90 bits per heavy atom. The summed E-state index contributed by atoms with van der Waals surface area (Å²) in [6.07, 6.45) is 1.23. The standard InChI is InChI=1S/C17H28N2O2/c1-13(2)19-9-8-14(11-19)15(10-18)12-21-17-6-4-16(20-3)5-7-17/h4-7,13-15H,8-12,18H2,1-3H3. The lowest BCUT2D eigenvalue weighted by molar-refractivity contribution is 0.188. The van der Waals surface area contributed by atoms with Gasteiger partial charge in [0.25, 0.3) is 0 Å². The van der Waals surface area contributed by atoms with Gasteiger partial charge >= 0.3 is 0 Å². The van der Waals surface area contributed by atoms with Crippen molar-refractivity contribution in [1.29, 1.82) is 0 Å². The Bertz CT molecular complexity index is 419. The Morgan fingerprint density at radius 3 is 2.43 bits per heavy atom. The van der Waals surface area contributed by atoms with Crippen molar-refractivity contribution in [2.75, 3.05) is 33.4 Å². The van der Waals surface area contributed by atoms with E-state index in [1.807, 2.05) is 24.3 Å². The lowest BCUT2D eigenvalue weighted by Gasteiger charge is -2.24. The van der Waals surface area contributed by atoms with Crippen LogP contribution in [0.5, 0.6) is 11.5 Å². The van der Waals surface area contributed by atoms with Crippen LogP contribution in [0.2, 0.25) is 0 Å². The summed E-state index contributed by atoms with van der Waals surface area (Å²) in [7, 11) is 1.67. The molecule has 1 aliphatic heterocycles. The summed E-state index contributed by atoms with van der Waals surface area (Å²) < 4.78 is 11.1. The van der Waals surface area contributed by atoms with Gasteiger partial charge in [-0.05, 0) is 63.5 Å². The fraction of sp³-hybridized carbons (Fsp3) is 0.647. The number of rotatable bonds is 7. The Labute approximate surface area is 128 Å². The summed E-state index contributed by atoms with van der Waals surface area (Å²) in [5.41, 5.74) is 5.97. The zero-order valence-corrected chi connectivity index (χ0v) is 13.4. The molecule has 0 radical (unpaired) electrons. The molecule has 1 aromatic carbocycles. The van der Waals surface area contributed by atoms with Gasteiger partial charge in [0, 0.05) is 18.5 Å². The largest absolute Gasteiger partial charge is 0.497 e. The van der Waals surface area contributed by atoms with Crippen LogP contribution in [0.3, 0.4) is 0 Å². The van der Waals surface area contributed by atoms with Crippen molar-refractivity contribution in [2.45, 2.75) is 26.3 Å². The molecule has 0 bridgehead atoms. The predicted molar refractivity (Wildman–Crippen MR) is 85.8 cm³/mol. The van der Waals surface area contributed by atoms with Gasteiger partial charge in [0.1, 0.15) is 11.5 Å². The molecule has 118 valence electrons. The van der Waals surface area contributed by atoms with Gasteiger partial charge in [0.15, 0.2) is 0 Å². The molecule has 2 atom stereocenters. The molecule has 21 heavy (non-hydrogen) atoms. The normalized spacial score (nSPS) is 20.7. The van der Waals surface area contributed by atoms with E-state index >= 15 is 0 Å². The van der Waals surface area contributed by atoms with E-state index in [4.69, 9.17) is 15.2 Å². The molecule has 4 nitrogen and oxygen atoms in total. The number of nitrogens with zero attached hydrogens (tertiary/aromatic N) is 1. The second-order valence-corrected chi connectivity index (χ2v) is 6.12. The summed E-state index contributed by atoms with van der Waals surface area (Å²) >= 11 is 0. The fourth-order valence-corrected chi connectivity index (χ4v) is 2.94. The van der Waals surface area contributed by atoms with E-state index in [0.717, 1.165) is 18.0 Å². The highest BCUT2D eigenvalue weighted by Gasteiger charge is 2.30. The topological polar surface area (TPSA) is 47.7 Å². The van der Waals surface area contributed by atoms with Gasteiger partial charge in [-0.25, -0.2) is 0 Å². The minimum Gasteiger partial charge on any atom is -0.497 e. The molecule has 2 N–H and O–H groups in total. The molecule has 2 unspecified atom stereocenters. The Balaban J connectivity index is 1.84. The summed E-state index contributed by atoms with van der Waals surface area (Å²) in [6.45, 7) is 8.22. The van der Waals surface area contributed by atoms with E-state index in [-0.39, 0.29) is 0 Å². The van der Waals surface area contributed by atoms with Gasteiger partial charge in [-0.15, -0.1) is 0 Å². The number of hydrogen-bond acceptors (Lipinski definition) is 4. The van der Waals surface area contributed by atoms with Crippen LogP contribution < -0.4 is 15.2 Å². The fourth-order valence-electron chi connectivity index (χ4n) is 2.94. The molecule has 1 heterocycles. The maximum atomic E-state index is 5.97. The molecule has 1 aromatic rings. The molecule has 0 saturated carbocycles. The van der Waals surface area contributed by atoms with Crippen LogP contribution in [-0.4, -0.2) is 44.3 Å². The number of likely N-dealkylation sites (tertiary alicyclic amines) is 1. The average Bonchev–Trinajstić information content (AvgIpc) is 2.98. The Kier molecular flexibility index (Phi) is 5.88. The minimum absolute atomic E-state index is 0.427. The molecule has 1 fully saturated rings. The molecule has 0 amide bonds. The van der Waals surface area contributed by atoms with Crippen molar-refractivity contribution in [3.8, 4) is 11.5 Å². The molecule has 0 spiro atoms. The van der Waals surface area contributed by atoms with Crippen molar-refractivity contribution >= 4 is 0 Å². The lowest BCUT2D eigenvalue weighted by atomic mass is 9.92. The van der Waals surface area contributed by atoms with Crippen LogP contribution in [0.25, 0.3) is 0 Å². The van der Waals surface area contributed by atoms with E-state index in [1.54, 1.807) is 7.11 Å². The first-order chi connectivity index (χ1) is 10.1. The summed E-state index contributed by atoms with van der Waals surface area (Å²) in [5.74, 6) is 2.81. The third-order valence-corrected chi connectivity index (χ3v) is 4.48. The zero-order valence-electron chi connectivity index (χ0n) is 13.4. The van der Waals surface area contributed by atoms with Crippen molar-refractivity contribution in [3.63, 3.8) is 0 Å². The van der Waals surface area contributed by atoms with E-state index in [1.165, 1.54) is 13.0 Å². The number of hydrogen-bond donors (Lipinski definition) is 1. The van der Waals surface area contributed by atoms with E-state index in [0.29, 0.717) is 31.0 Å². The number of nitrogens with two attached hydrogens (primary N) is 1. The Morgan fingerprint density at radius 1 is 1.24 bits per heavy atom. The van der Waals surface area contributed by atoms with Crippen molar-refractivity contribution in [3.05, 3.63) is 24.3 Å². The van der Waals surface area contributed by atoms with Gasteiger partial charge < -0.3 is 20.1 Å². The van der Waals surface area contributed by atoms with Crippen LogP contribution in [0.4, 0.5) is 0 Å². The van der Waals surface area contributed by atoms with Gasteiger partial charge in [-0.3, -0.25) is 0 Å². The molecule has 0 aromatic heterocycles. The maximum Gasteiger partial charge on any atom is 0.119 e.